The van der Waals surface area contributed by atoms with Crippen LogP contribution >= 0.6 is 0 Å². The molecule has 0 aromatic rings. The van der Waals surface area contributed by atoms with E-state index in [1.54, 1.807) is 6.92 Å². The highest BCUT2D eigenvalue weighted by atomic mass is 16.4. The van der Waals surface area contributed by atoms with Gasteiger partial charge in [0.15, 0.2) is 0 Å². The molecule has 0 aromatic carbocycles. The number of carbonyl (C=O) groups is 1. The molecule has 1 aliphatic heterocycles. The predicted molar refractivity (Wildman–Crippen MR) is 34.3 cm³/mol. The number of aliphatic carboxylic acids is 1. The van der Waals surface area contributed by atoms with Crippen LogP contribution in [-0.2, 0) is 4.79 Å². The van der Waals surface area contributed by atoms with Crippen molar-refractivity contribution < 1.29 is 15.0 Å². The highest BCUT2D eigenvalue weighted by molar-refractivity contribution is 5.71. The Bertz CT molecular complexity index is 148. The van der Waals surface area contributed by atoms with Crippen molar-refractivity contribution in [2.45, 2.75) is 25.6 Å². The molecule has 0 saturated carbocycles. The van der Waals surface area contributed by atoms with Crippen molar-refractivity contribution in [3.05, 3.63) is 0 Å². The van der Waals surface area contributed by atoms with Crippen molar-refractivity contribution in [3.8, 4) is 0 Å². The molecule has 3 atom stereocenters. The van der Waals surface area contributed by atoms with Gasteiger partial charge in [-0.05, 0) is 6.92 Å². The Hall–Kier alpha value is -0.610. The second-order valence-corrected chi connectivity index (χ2v) is 2.65. The normalized spacial score (nSPS) is 40.0. The second-order valence-electron chi connectivity index (χ2n) is 2.65. The highest BCUT2D eigenvalue weighted by Crippen LogP contribution is 2.18. The smallest absolute Gasteiger partial charge is 0.308 e. The van der Waals surface area contributed by atoms with Crippen LogP contribution < -0.4 is 5.32 Å². The molecular formula is C6H11NO3. The third-order valence-electron chi connectivity index (χ3n) is 1.85. The first-order valence-electron chi connectivity index (χ1n) is 3.28. The number of carboxylic acid groups (broad SMARTS) is 1. The lowest BCUT2D eigenvalue weighted by atomic mass is 10.0. The fourth-order valence-electron chi connectivity index (χ4n) is 1.25. The summed E-state index contributed by atoms with van der Waals surface area (Å²) in [5.41, 5.74) is 0. The Morgan fingerprint density at radius 2 is 2.30 bits per heavy atom. The molecule has 2 unspecified atom stereocenters. The van der Waals surface area contributed by atoms with Crippen LogP contribution in [0.5, 0.6) is 0 Å². The molecule has 1 rings (SSSR count). The monoisotopic (exact) mass is 145 g/mol. The van der Waals surface area contributed by atoms with Crippen molar-refractivity contribution in [2.75, 3.05) is 0 Å². The van der Waals surface area contributed by atoms with Gasteiger partial charge in [0.2, 0.25) is 0 Å². The van der Waals surface area contributed by atoms with Gasteiger partial charge in [0, 0.05) is 12.5 Å². The van der Waals surface area contributed by atoms with Crippen molar-refractivity contribution in [1.29, 1.82) is 0 Å². The van der Waals surface area contributed by atoms with Gasteiger partial charge in [-0.2, -0.15) is 0 Å². The summed E-state index contributed by atoms with van der Waals surface area (Å²) in [5, 5.41) is 20.2. The van der Waals surface area contributed by atoms with Crippen molar-refractivity contribution in [1.82, 2.24) is 5.32 Å². The molecule has 4 nitrogen and oxygen atoms in total. The number of nitrogens with one attached hydrogen (secondary N) is 1. The zero-order chi connectivity index (χ0) is 7.72. The molecular weight excluding hydrogens is 134 g/mol. The average Bonchev–Trinajstić information content (AvgIpc) is 2.10. The molecule has 0 radical (unpaired) electrons. The lowest BCUT2D eigenvalue weighted by Gasteiger charge is -2.07. The van der Waals surface area contributed by atoms with E-state index in [0.29, 0.717) is 6.42 Å². The minimum Gasteiger partial charge on any atom is -0.481 e. The van der Waals surface area contributed by atoms with E-state index < -0.39 is 18.1 Å². The SMILES string of the molecule is C[C@H]1NC(O)CC1C(=O)O. The van der Waals surface area contributed by atoms with Crippen LogP contribution in [0.15, 0.2) is 0 Å². The van der Waals surface area contributed by atoms with Gasteiger partial charge in [0.1, 0.15) is 6.23 Å². The van der Waals surface area contributed by atoms with Gasteiger partial charge in [-0.3, -0.25) is 10.1 Å². The molecule has 10 heavy (non-hydrogen) atoms. The zero-order valence-electron chi connectivity index (χ0n) is 5.74. The lowest BCUT2D eigenvalue weighted by molar-refractivity contribution is -0.142. The maximum Gasteiger partial charge on any atom is 0.308 e. The Balaban J connectivity index is 2.54. The summed E-state index contributed by atoms with van der Waals surface area (Å²) < 4.78 is 0. The summed E-state index contributed by atoms with van der Waals surface area (Å²) in [4.78, 5) is 10.4. The summed E-state index contributed by atoms with van der Waals surface area (Å²) in [6.45, 7) is 1.76. The van der Waals surface area contributed by atoms with Gasteiger partial charge >= 0.3 is 5.97 Å². The Labute approximate surface area is 58.9 Å². The minimum absolute atomic E-state index is 0.118. The number of carboxylic acids is 1. The lowest BCUT2D eigenvalue weighted by Crippen LogP contribution is -2.30. The van der Waals surface area contributed by atoms with Crippen LogP contribution in [0.3, 0.4) is 0 Å². The fourth-order valence-corrected chi connectivity index (χ4v) is 1.25. The van der Waals surface area contributed by atoms with E-state index in [1.807, 2.05) is 0 Å². The number of hydrogen-bond acceptors (Lipinski definition) is 3. The maximum absolute atomic E-state index is 10.4. The first-order valence-corrected chi connectivity index (χ1v) is 3.28. The molecule has 4 heteroatoms. The molecule has 0 aromatic heterocycles. The van der Waals surface area contributed by atoms with Crippen molar-refractivity contribution in [3.63, 3.8) is 0 Å². The van der Waals surface area contributed by atoms with Crippen molar-refractivity contribution in [2.24, 2.45) is 5.92 Å². The largest absolute Gasteiger partial charge is 0.481 e. The fraction of sp³-hybridized carbons (Fsp3) is 0.833. The van der Waals surface area contributed by atoms with Crippen molar-refractivity contribution >= 4 is 5.97 Å². The number of rotatable bonds is 1. The summed E-state index contributed by atoms with van der Waals surface area (Å²) in [5.74, 6) is -1.27. The standard InChI is InChI=1S/C6H11NO3/c1-3-4(6(9)10)2-5(8)7-3/h3-5,7-8H,2H2,1H3,(H,9,10)/t3-,4?,5?/m1/s1. The minimum atomic E-state index is -0.837. The Morgan fingerprint density at radius 1 is 1.70 bits per heavy atom. The summed E-state index contributed by atoms with van der Waals surface area (Å²) in [6, 6.07) is -0.118. The summed E-state index contributed by atoms with van der Waals surface area (Å²) in [6.07, 6.45) is -0.327. The zero-order valence-corrected chi connectivity index (χ0v) is 5.74. The maximum atomic E-state index is 10.4. The van der Waals surface area contributed by atoms with E-state index in [1.165, 1.54) is 0 Å². The molecule has 1 saturated heterocycles. The van der Waals surface area contributed by atoms with Gasteiger partial charge in [-0.15, -0.1) is 0 Å². The van der Waals surface area contributed by atoms with Gasteiger partial charge in [0.25, 0.3) is 0 Å². The predicted octanol–water partition coefficient (Wildman–Crippen LogP) is -0.613. The van der Waals surface area contributed by atoms with Gasteiger partial charge in [0.05, 0.1) is 5.92 Å². The quantitative estimate of drug-likeness (QED) is 0.460. The first kappa shape index (κ1) is 7.50. The van der Waals surface area contributed by atoms with E-state index in [2.05, 4.69) is 5.32 Å². The van der Waals surface area contributed by atoms with Crippen LogP contribution in [0.25, 0.3) is 0 Å². The Morgan fingerprint density at radius 3 is 2.50 bits per heavy atom. The molecule has 58 valence electrons. The third kappa shape index (κ3) is 1.27. The summed E-state index contributed by atoms with van der Waals surface area (Å²) >= 11 is 0. The van der Waals surface area contributed by atoms with Crippen LogP contribution in [-0.4, -0.2) is 28.5 Å². The number of hydrogen-bond donors (Lipinski definition) is 3. The molecule has 0 amide bonds. The molecule has 0 spiro atoms. The second kappa shape index (κ2) is 2.56. The van der Waals surface area contributed by atoms with Crippen LogP contribution in [0.4, 0.5) is 0 Å². The summed E-state index contributed by atoms with van der Waals surface area (Å²) in [7, 11) is 0. The molecule has 0 bridgehead atoms. The van der Waals surface area contributed by atoms with E-state index in [4.69, 9.17) is 10.2 Å². The van der Waals surface area contributed by atoms with Crippen LogP contribution in [0, 0.1) is 5.92 Å². The molecule has 0 aliphatic carbocycles. The van der Waals surface area contributed by atoms with E-state index in [-0.39, 0.29) is 6.04 Å². The average molecular weight is 145 g/mol. The first-order chi connectivity index (χ1) is 4.61. The number of aliphatic hydroxyl groups is 1. The molecule has 1 aliphatic rings. The Kier molecular flexibility index (Phi) is 1.92. The topological polar surface area (TPSA) is 69.6 Å². The van der Waals surface area contributed by atoms with E-state index in [0.717, 1.165) is 0 Å². The molecule has 3 N–H and O–H groups in total. The van der Waals surface area contributed by atoms with Crippen LogP contribution in [0.2, 0.25) is 0 Å². The molecule has 1 fully saturated rings. The molecule has 1 heterocycles. The third-order valence-corrected chi connectivity index (χ3v) is 1.85. The van der Waals surface area contributed by atoms with Gasteiger partial charge in [-0.1, -0.05) is 0 Å². The van der Waals surface area contributed by atoms with Crippen LogP contribution in [0.1, 0.15) is 13.3 Å². The van der Waals surface area contributed by atoms with Gasteiger partial charge in [-0.25, -0.2) is 0 Å². The van der Waals surface area contributed by atoms with E-state index >= 15 is 0 Å². The number of aliphatic hydroxyl groups excluding tert-OH is 1. The van der Waals surface area contributed by atoms with E-state index in [9.17, 15) is 4.79 Å². The van der Waals surface area contributed by atoms with Gasteiger partial charge < -0.3 is 10.2 Å². The highest BCUT2D eigenvalue weighted by Gasteiger charge is 2.34.